The van der Waals surface area contributed by atoms with Crippen molar-refractivity contribution in [2.45, 2.75) is 51.6 Å². The quantitative estimate of drug-likeness (QED) is 0.759. The van der Waals surface area contributed by atoms with Crippen LogP contribution in [0.2, 0.25) is 0 Å². The molecule has 2 amide bonds. The van der Waals surface area contributed by atoms with E-state index in [0.29, 0.717) is 31.0 Å². The second-order valence-corrected chi connectivity index (χ2v) is 7.60. The van der Waals surface area contributed by atoms with Gasteiger partial charge in [0.05, 0.1) is 16.8 Å². The predicted molar refractivity (Wildman–Crippen MR) is 95.0 cm³/mol. The van der Waals surface area contributed by atoms with E-state index >= 15 is 0 Å². The lowest BCUT2D eigenvalue weighted by Crippen LogP contribution is -2.47. The van der Waals surface area contributed by atoms with Crippen molar-refractivity contribution in [1.29, 1.82) is 0 Å². The van der Waals surface area contributed by atoms with Gasteiger partial charge in [-0.1, -0.05) is 0 Å². The zero-order valence-electron chi connectivity index (χ0n) is 15.0. The number of carboxylic acid groups (broad SMARTS) is 1. The zero-order chi connectivity index (χ0) is 18.2. The smallest absolute Gasteiger partial charge is 0.405 e. The molecular weight excluding hydrogens is 320 g/mol. The zero-order valence-corrected chi connectivity index (χ0v) is 15.0. The lowest BCUT2D eigenvalue weighted by Gasteiger charge is -2.27. The summed E-state index contributed by atoms with van der Waals surface area (Å²) in [7, 11) is 0. The van der Waals surface area contributed by atoms with Crippen LogP contribution in [0.15, 0.2) is 12.3 Å². The van der Waals surface area contributed by atoms with Crippen molar-refractivity contribution in [3.05, 3.63) is 23.5 Å². The largest absolute Gasteiger partial charge is 0.465 e. The number of aryl methyl sites for hydroxylation is 1. The average molecular weight is 346 g/mol. The normalized spacial score (nSPS) is 24.0. The lowest BCUT2D eigenvalue weighted by atomic mass is 10.0. The van der Waals surface area contributed by atoms with Crippen LogP contribution in [0, 0.1) is 12.8 Å². The van der Waals surface area contributed by atoms with Crippen LogP contribution in [0.25, 0.3) is 0 Å². The number of hydrogen-bond acceptors (Lipinski definition) is 4. The fourth-order valence-electron chi connectivity index (χ4n) is 3.51. The summed E-state index contributed by atoms with van der Waals surface area (Å²) in [4.78, 5) is 30.1. The van der Waals surface area contributed by atoms with Gasteiger partial charge in [0.2, 0.25) is 0 Å². The monoisotopic (exact) mass is 346 g/mol. The molecule has 1 aliphatic heterocycles. The third-order valence-electron chi connectivity index (χ3n) is 5.17. The second-order valence-electron chi connectivity index (χ2n) is 7.60. The highest BCUT2D eigenvalue weighted by Crippen LogP contribution is 2.33. The number of pyridine rings is 1. The van der Waals surface area contributed by atoms with Gasteiger partial charge in [0.25, 0.3) is 5.91 Å². The second kappa shape index (κ2) is 6.54. The molecule has 7 nitrogen and oxygen atoms in total. The van der Waals surface area contributed by atoms with Crippen molar-refractivity contribution < 1.29 is 14.7 Å². The van der Waals surface area contributed by atoms with E-state index in [-0.39, 0.29) is 11.9 Å². The minimum Gasteiger partial charge on any atom is -0.465 e. The first-order valence-electron chi connectivity index (χ1n) is 8.81. The van der Waals surface area contributed by atoms with Gasteiger partial charge in [-0.25, -0.2) is 4.79 Å². The van der Waals surface area contributed by atoms with E-state index in [1.807, 2.05) is 26.8 Å². The van der Waals surface area contributed by atoms with Crippen LogP contribution >= 0.6 is 0 Å². The molecule has 1 aliphatic carbocycles. The van der Waals surface area contributed by atoms with E-state index in [2.05, 4.69) is 20.5 Å². The molecule has 0 spiro atoms. The van der Waals surface area contributed by atoms with Gasteiger partial charge >= 0.3 is 6.09 Å². The number of nitrogens with one attached hydrogen (secondary N) is 2. The molecule has 2 fully saturated rings. The minimum absolute atomic E-state index is 0.110. The highest BCUT2D eigenvalue weighted by molar-refractivity contribution is 5.99. The Balaban J connectivity index is 1.80. The molecule has 25 heavy (non-hydrogen) atoms. The van der Waals surface area contributed by atoms with Crippen molar-refractivity contribution in [3.8, 4) is 0 Å². The van der Waals surface area contributed by atoms with Crippen molar-refractivity contribution in [3.63, 3.8) is 0 Å². The molecule has 1 saturated heterocycles. The van der Waals surface area contributed by atoms with Crippen molar-refractivity contribution >= 4 is 17.7 Å². The summed E-state index contributed by atoms with van der Waals surface area (Å²) < 4.78 is 0. The Morgan fingerprint density at radius 2 is 2.16 bits per heavy atom. The van der Waals surface area contributed by atoms with Gasteiger partial charge in [-0.2, -0.15) is 0 Å². The fourth-order valence-corrected chi connectivity index (χ4v) is 3.51. The van der Waals surface area contributed by atoms with Gasteiger partial charge in [0.15, 0.2) is 0 Å². The number of nitrogens with zero attached hydrogens (tertiary/aromatic N) is 2. The molecule has 7 heteroatoms. The van der Waals surface area contributed by atoms with Crippen LogP contribution in [0.1, 0.15) is 49.2 Å². The third-order valence-corrected chi connectivity index (χ3v) is 5.17. The molecular formula is C18H26N4O3. The van der Waals surface area contributed by atoms with Crippen LogP contribution in [0.3, 0.4) is 0 Å². The van der Waals surface area contributed by atoms with Gasteiger partial charge in [0.1, 0.15) is 0 Å². The summed E-state index contributed by atoms with van der Waals surface area (Å²) >= 11 is 0. The van der Waals surface area contributed by atoms with Gasteiger partial charge in [-0.05, 0) is 52.0 Å². The van der Waals surface area contributed by atoms with E-state index in [1.165, 1.54) is 12.8 Å². The fraction of sp³-hybridized carbons (Fsp3) is 0.611. The third kappa shape index (κ3) is 4.03. The molecule has 1 aromatic rings. The van der Waals surface area contributed by atoms with E-state index in [1.54, 1.807) is 6.20 Å². The predicted octanol–water partition coefficient (Wildman–Crippen LogP) is 2.15. The minimum atomic E-state index is -1.02. The molecule has 136 valence electrons. The Morgan fingerprint density at radius 3 is 2.80 bits per heavy atom. The van der Waals surface area contributed by atoms with Crippen LogP contribution < -0.4 is 15.5 Å². The first-order valence-corrected chi connectivity index (χ1v) is 8.81. The van der Waals surface area contributed by atoms with Crippen LogP contribution in [-0.4, -0.2) is 46.8 Å². The molecule has 1 unspecified atom stereocenters. The molecule has 3 rings (SSSR count). The number of hydrogen-bond donors (Lipinski definition) is 3. The number of amides is 2. The van der Waals surface area contributed by atoms with E-state index < -0.39 is 11.6 Å². The van der Waals surface area contributed by atoms with E-state index in [4.69, 9.17) is 5.11 Å². The van der Waals surface area contributed by atoms with Gasteiger partial charge < -0.3 is 20.6 Å². The number of rotatable bonds is 5. The number of carbonyl (C=O) groups is 2. The molecule has 2 atom stereocenters. The number of carbonyl (C=O) groups excluding carboxylic acids is 1. The van der Waals surface area contributed by atoms with Gasteiger partial charge in [-0.3, -0.25) is 9.78 Å². The highest BCUT2D eigenvalue weighted by Gasteiger charge is 2.37. The van der Waals surface area contributed by atoms with Crippen molar-refractivity contribution in [2.24, 2.45) is 5.92 Å². The Labute approximate surface area is 147 Å². The molecule has 3 N–H and O–H groups in total. The first kappa shape index (κ1) is 17.5. The van der Waals surface area contributed by atoms with Crippen LogP contribution in [0.5, 0.6) is 0 Å². The molecule has 1 aromatic heterocycles. The Bertz CT molecular complexity index is 689. The lowest BCUT2D eigenvalue weighted by molar-refractivity contribution is 0.0936. The SMILES string of the molecule is Cc1cc(N2CC[C@](C)(NC(=O)O)C2)c(C(=O)NC(C)C2CC2)cn1. The molecule has 1 saturated carbocycles. The topological polar surface area (TPSA) is 94.6 Å². The Hall–Kier alpha value is -2.31. The Morgan fingerprint density at radius 1 is 1.44 bits per heavy atom. The summed E-state index contributed by atoms with van der Waals surface area (Å²) in [5.74, 6) is 0.474. The average Bonchev–Trinajstić information content (AvgIpc) is 3.30. The molecule has 0 radical (unpaired) electrons. The summed E-state index contributed by atoms with van der Waals surface area (Å²) in [5, 5.41) is 14.7. The number of anilines is 1. The van der Waals surface area contributed by atoms with Gasteiger partial charge in [0, 0.05) is 31.0 Å². The van der Waals surface area contributed by atoms with Crippen LogP contribution in [-0.2, 0) is 0 Å². The summed E-state index contributed by atoms with van der Waals surface area (Å²) in [6, 6.07) is 2.07. The maximum Gasteiger partial charge on any atom is 0.405 e. The maximum atomic E-state index is 12.7. The molecule has 2 heterocycles. The van der Waals surface area contributed by atoms with E-state index in [0.717, 1.165) is 11.4 Å². The first-order chi connectivity index (χ1) is 11.8. The summed E-state index contributed by atoms with van der Waals surface area (Å²) in [5.41, 5.74) is 1.70. The number of aromatic nitrogens is 1. The van der Waals surface area contributed by atoms with Crippen LogP contribution in [0.4, 0.5) is 10.5 Å². The summed E-state index contributed by atoms with van der Waals surface area (Å²) in [6.07, 6.45) is 3.64. The van der Waals surface area contributed by atoms with Gasteiger partial charge in [-0.15, -0.1) is 0 Å². The highest BCUT2D eigenvalue weighted by atomic mass is 16.4. The standard InChI is InChI=1S/C18H26N4O3/c1-11-8-15(22-7-6-18(3,10-22)21-17(24)25)14(9-19-11)16(23)20-12(2)13-4-5-13/h8-9,12-13,21H,4-7,10H2,1-3H3,(H,20,23)(H,24,25)/t12?,18-/m0/s1. The van der Waals surface area contributed by atoms with E-state index in [9.17, 15) is 9.59 Å². The molecule has 0 aromatic carbocycles. The maximum absolute atomic E-state index is 12.7. The summed E-state index contributed by atoms with van der Waals surface area (Å²) in [6.45, 7) is 7.05. The molecule has 0 bridgehead atoms. The van der Waals surface area contributed by atoms with Crippen molar-refractivity contribution in [1.82, 2.24) is 15.6 Å². The molecule has 2 aliphatic rings. The Kier molecular flexibility index (Phi) is 4.58. The van der Waals surface area contributed by atoms with Crippen molar-refractivity contribution in [2.75, 3.05) is 18.0 Å².